The standard InChI is InChI=1S/C14H15N5O/c15-8-13-14(18-6-5-17-13)19-9-11(10-20)7-12-3-1-2-4-16-12/h1-6,11,20H,7,9-10H2,(H,18,19)/t11-/m1/s1. The number of rotatable bonds is 6. The van der Waals surface area contributed by atoms with Crippen LogP contribution in [-0.2, 0) is 6.42 Å². The lowest BCUT2D eigenvalue weighted by atomic mass is 10.0. The van der Waals surface area contributed by atoms with Gasteiger partial charge in [-0.1, -0.05) is 6.07 Å². The fourth-order valence-electron chi connectivity index (χ4n) is 1.81. The summed E-state index contributed by atoms with van der Waals surface area (Å²) in [5.41, 5.74) is 1.18. The van der Waals surface area contributed by atoms with Crippen molar-refractivity contribution >= 4 is 5.82 Å². The van der Waals surface area contributed by atoms with Crippen molar-refractivity contribution in [3.63, 3.8) is 0 Å². The molecular formula is C14H15N5O. The Labute approximate surface area is 117 Å². The van der Waals surface area contributed by atoms with Crippen LogP contribution in [0.3, 0.4) is 0 Å². The molecule has 2 rings (SSSR count). The lowest BCUT2D eigenvalue weighted by molar-refractivity contribution is 0.232. The maximum atomic E-state index is 9.42. The summed E-state index contributed by atoms with van der Waals surface area (Å²) in [5.74, 6) is 0.438. The van der Waals surface area contributed by atoms with Gasteiger partial charge in [0.2, 0.25) is 0 Å². The molecule has 0 spiro atoms. The van der Waals surface area contributed by atoms with Crippen molar-refractivity contribution in [2.24, 2.45) is 5.92 Å². The Balaban J connectivity index is 1.96. The Morgan fingerprint density at radius 3 is 2.75 bits per heavy atom. The third-order valence-corrected chi connectivity index (χ3v) is 2.84. The van der Waals surface area contributed by atoms with Crippen LogP contribution in [0.5, 0.6) is 0 Å². The molecule has 0 fully saturated rings. The smallest absolute Gasteiger partial charge is 0.182 e. The van der Waals surface area contributed by atoms with Crippen molar-refractivity contribution in [3.8, 4) is 6.07 Å². The minimum atomic E-state index is -0.00144. The van der Waals surface area contributed by atoms with E-state index >= 15 is 0 Å². The van der Waals surface area contributed by atoms with Gasteiger partial charge in [-0.25, -0.2) is 9.97 Å². The number of nitrogens with zero attached hydrogens (tertiary/aromatic N) is 4. The number of nitriles is 1. The summed E-state index contributed by atoms with van der Waals surface area (Å²) in [7, 11) is 0. The minimum absolute atomic E-state index is 0.00144. The molecule has 6 nitrogen and oxygen atoms in total. The number of aromatic nitrogens is 3. The second-order valence-electron chi connectivity index (χ2n) is 4.32. The highest BCUT2D eigenvalue weighted by Crippen LogP contribution is 2.10. The summed E-state index contributed by atoms with van der Waals surface area (Å²) in [4.78, 5) is 12.2. The van der Waals surface area contributed by atoms with Crippen LogP contribution in [0.2, 0.25) is 0 Å². The second kappa shape index (κ2) is 7.16. The van der Waals surface area contributed by atoms with Gasteiger partial charge in [0.25, 0.3) is 0 Å². The van der Waals surface area contributed by atoms with Crippen LogP contribution in [-0.4, -0.2) is 33.2 Å². The van der Waals surface area contributed by atoms with E-state index in [0.717, 1.165) is 5.69 Å². The van der Waals surface area contributed by atoms with Crippen LogP contribution in [0.15, 0.2) is 36.8 Å². The number of nitrogens with one attached hydrogen (secondary N) is 1. The molecule has 1 atom stereocenters. The Hall–Kier alpha value is -2.52. The van der Waals surface area contributed by atoms with E-state index in [1.807, 2.05) is 24.3 Å². The molecule has 0 bridgehead atoms. The summed E-state index contributed by atoms with van der Waals surface area (Å²) in [5, 5.41) is 21.4. The summed E-state index contributed by atoms with van der Waals surface area (Å²) < 4.78 is 0. The first-order valence-electron chi connectivity index (χ1n) is 6.29. The monoisotopic (exact) mass is 269 g/mol. The van der Waals surface area contributed by atoms with Crippen LogP contribution in [0.4, 0.5) is 5.82 Å². The Kier molecular flexibility index (Phi) is 4.98. The van der Waals surface area contributed by atoms with Crippen molar-refractivity contribution in [1.82, 2.24) is 15.0 Å². The van der Waals surface area contributed by atoms with E-state index < -0.39 is 0 Å². The number of pyridine rings is 1. The fraction of sp³-hybridized carbons (Fsp3) is 0.286. The van der Waals surface area contributed by atoms with Crippen molar-refractivity contribution < 1.29 is 5.11 Å². The quantitative estimate of drug-likeness (QED) is 0.812. The molecule has 0 aliphatic carbocycles. The van der Waals surface area contributed by atoms with Crippen LogP contribution >= 0.6 is 0 Å². The SMILES string of the molecule is N#Cc1nccnc1NC[C@H](CO)Cc1ccccn1. The molecule has 0 aliphatic heterocycles. The third kappa shape index (κ3) is 3.73. The minimum Gasteiger partial charge on any atom is -0.396 e. The number of hydrogen-bond donors (Lipinski definition) is 2. The van der Waals surface area contributed by atoms with Gasteiger partial charge in [-0.15, -0.1) is 0 Å². The molecule has 2 aromatic heterocycles. The van der Waals surface area contributed by atoms with Gasteiger partial charge in [0.15, 0.2) is 11.5 Å². The molecule has 2 aromatic rings. The maximum Gasteiger partial charge on any atom is 0.182 e. The molecule has 0 saturated carbocycles. The predicted octanol–water partition coefficient (Wildman–Crippen LogP) is 1.01. The van der Waals surface area contributed by atoms with Gasteiger partial charge in [-0.3, -0.25) is 4.98 Å². The van der Waals surface area contributed by atoms with Crippen LogP contribution in [0.1, 0.15) is 11.4 Å². The Bertz CT molecular complexity index is 582. The highest BCUT2D eigenvalue weighted by molar-refractivity contribution is 5.46. The predicted molar refractivity (Wildman–Crippen MR) is 73.8 cm³/mol. The summed E-state index contributed by atoms with van der Waals surface area (Å²) in [6.45, 7) is 0.534. The zero-order valence-corrected chi connectivity index (χ0v) is 10.9. The van der Waals surface area contributed by atoms with E-state index in [4.69, 9.17) is 5.26 Å². The van der Waals surface area contributed by atoms with Crippen molar-refractivity contribution in [3.05, 3.63) is 48.2 Å². The molecule has 0 aliphatic rings. The largest absolute Gasteiger partial charge is 0.396 e. The first-order valence-corrected chi connectivity index (χ1v) is 6.29. The van der Waals surface area contributed by atoms with Crippen LogP contribution in [0.25, 0.3) is 0 Å². The summed E-state index contributed by atoms with van der Waals surface area (Å²) in [6, 6.07) is 7.67. The van der Waals surface area contributed by atoms with E-state index in [2.05, 4.69) is 20.3 Å². The molecular weight excluding hydrogens is 254 g/mol. The molecule has 20 heavy (non-hydrogen) atoms. The second-order valence-corrected chi connectivity index (χ2v) is 4.32. The average Bonchev–Trinajstić information content (AvgIpc) is 2.52. The number of aliphatic hydroxyl groups excluding tert-OH is 1. The van der Waals surface area contributed by atoms with Gasteiger partial charge in [-0.2, -0.15) is 5.26 Å². The molecule has 2 heterocycles. The normalized spacial score (nSPS) is 11.6. The van der Waals surface area contributed by atoms with E-state index in [9.17, 15) is 5.11 Å². The topological polar surface area (TPSA) is 94.7 Å². The molecule has 0 aromatic carbocycles. The first-order chi connectivity index (χ1) is 9.83. The lowest BCUT2D eigenvalue weighted by Crippen LogP contribution is -2.21. The lowest BCUT2D eigenvalue weighted by Gasteiger charge is -2.15. The molecule has 0 unspecified atom stereocenters. The average molecular weight is 269 g/mol. The van der Waals surface area contributed by atoms with Gasteiger partial charge in [0.05, 0.1) is 0 Å². The highest BCUT2D eigenvalue weighted by Gasteiger charge is 2.11. The van der Waals surface area contributed by atoms with Gasteiger partial charge in [0, 0.05) is 43.4 Å². The highest BCUT2D eigenvalue weighted by atomic mass is 16.3. The zero-order valence-electron chi connectivity index (χ0n) is 10.9. The number of aliphatic hydroxyl groups is 1. The van der Waals surface area contributed by atoms with Crippen LogP contribution in [0, 0.1) is 17.2 Å². The van der Waals surface area contributed by atoms with E-state index in [0.29, 0.717) is 18.8 Å². The van der Waals surface area contributed by atoms with Crippen LogP contribution < -0.4 is 5.32 Å². The van der Waals surface area contributed by atoms with Gasteiger partial charge < -0.3 is 10.4 Å². The van der Waals surface area contributed by atoms with E-state index in [-0.39, 0.29) is 18.2 Å². The third-order valence-electron chi connectivity index (χ3n) is 2.84. The molecule has 102 valence electrons. The van der Waals surface area contributed by atoms with Gasteiger partial charge >= 0.3 is 0 Å². The zero-order chi connectivity index (χ0) is 14.2. The number of hydrogen-bond acceptors (Lipinski definition) is 6. The molecule has 0 amide bonds. The number of anilines is 1. The summed E-state index contributed by atoms with van der Waals surface area (Å²) in [6.07, 6.45) is 5.39. The van der Waals surface area contributed by atoms with E-state index in [1.165, 1.54) is 12.4 Å². The first kappa shape index (κ1) is 13.9. The fourth-order valence-corrected chi connectivity index (χ4v) is 1.81. The summed E-state index contributed by atoms with van der Waals surface area (Å²) >= 11 is 0. The van der Waals surface area contributed by atoms with E-state index in [1.54, 1.807) is 6.20 Å². The molecule has 2 N–H and O–H groups in total. The molecule has 0 radical (unpaired) electrons. The Morgan fingerprint density at radius 2 is 2.05 bits per heavy atom. The van der Waals surface area contributed by atoms with Gasteiger partial charge in [-0.05, 0) is 18.6 Å². The van der Waals surface area contributed by atoms with Crippen molar-refractivity contribution in [1.29, 1.82) is 5.26 Å². The molecule has 6 heteroatoms. The molecule has 0 saturated heterocycles. The van der Waals surface area contributed by atoms with Gasteiger partial charge in [0.1, 0.15) is 6.07 Å². The Morgan fingerprint density at radius 1 is 1.20 bits per heavy atom. The van der Waals surface area contributed by atoms with Crippen molar-refractivity contribution in [2.45, 2.75) is 6.42 Å². The van der Waals surface area contributed by atoms with Crippen molar-refractivity contribution in [2.75, 3.05) is 18.5 Å². The maximum absolute atomic E-state index is 9.42.